The first-order valence-electron chi connectivity index (χ1n) is 7.52. The average Bonchev–Trinajstić information content (AvgIpc) is 2.39. The van der Waals surface area contributed by atoms with Gasteiger partial charge in [0.15, 0.2) is 0 Å². The molecule has 1 aromatic rings. The van der Waals surface area contributed by atoms with Crippen molar-refractivity contribution in [1.29, 1.82) is 0 Å². The Morgan fingerprint density at radius 1 is 1.15 bits per heavy atom. The fraction of sp³-hybridized carbons (Fsp3) is 0.588. The largest absolute Gasteiger partial charge is 0.481 e. The minimum absolute atomic E-state index is 0.0319. The molecule has 0 aliphatic heterocycles. The summed E-state index contributed by atoms with van der Waals surface area (Å²) in [5.41, 5.74) is 2.42. The number of rotatable bonds is 8. The molecule has 1 aromatic carbocycles. The van der Waals surface area contributed by atoms with Crippen LogP contribution >= 0.6 is 0 Å². The van der Waals surface area contributed by atoms with Gasteiger partial charge < -0.3 is 5.11 Å². The maximum Gasteiger partial charge on any atom is 0.305 e. The number of aliphatic carboxylic acids is 1. The predicted molar refractivity (Wildman–Crippen MR) is 82.9 cm³/mol. The third-order valence-electron chi connectivity index (χ3n) is 3.63. The molecule has 0 radical (unpaired) electrons. The third-order valence-corrected chi connectivity index (χ3v) is 3.63. The first kappa shape index (κ1) is 16.7. The number of hydrogen-bond acceptors (Lipinski definition) is 2. The fourth-order valence-electron chi connectivity index (χ4n) is 2.63. The lowest BCUT2D eigenvalue weighted by molar-refractivity contribution is -0.138. The number of nitrogens with zero attached hydrogens (tertiary/aromatic N) is 1. The number of benzene rings is 1. The van der Waals surface area contributed by atoms with Gasteiger partial charge in [-0.25, -0.2) is 0 Å². The highest BCUT2D eigenvalue weighted by Crippen LogP contribution is 2.25. The predicted octanol–water partition coefficient (Wildman–Crippen LogP) is 3.74. The Bertz CT molecular complexity index is 408. The molecule has 3 heteroatoms. The summed E-state index contributed by atoms with van der Waals surface area (Å²) < 4.78 is 0. The van der Waals surface area contributed by atoms with Crippen LogP contribution in [0, 0.1) is 5.92 Å². The van der Waals surface area contributed by atoms with Crippen LogP contribution in [-0.2, 0) is 11.2 Å². The molecule has 1 atom stereocenters. The van der Waals surface area contributed by atoms with E-state index in [4.69, 9.17) is 5.11 Å². The first-order chi connectivity index (χ1) is 9.47. The summed E-state index contributed by atoms with van der Waals surface area (Å²) in [7, 11) is 0. The van der Waals surface area contributed by atoms with Gasteiger partial charge in [-0.05, 0) is 36.6 Å². The van der Waals surface area contributed by atoms with E-state index in [0.29, 0.717) is 5.92 Å². The Labute approximate surface area is 122 Å². The molecule has 3 nitrogen and oxygen atoms in total. The van der Waals surface area contributed by atoms with Crippen LogP contribution in [0.25, 0.3) is 0 Å². The van der Waals surface area contributed by atoms with Gasteiger partial charge >= 0.3 is 5.97 Å². The summed E-state index contributed by atoms with van der Waals surface area (Å²) in [5.74, 6) is -0.105. The van der Waals surface area contributed by atoms with Crippen molar-refractivity contribution in [2.24, 2.45) is 5.92 Å². The molecule has 1 unspecified atom stereocenters. The van der Waals surface area contributed by atoms with Crippen molar-refractivity contribution in [3.05, 3.63) is 35.4 Å². The second-order valence-corrected chi connectivity index (χ2v) is 5.67. The van der Waals surface area contributed by atoms with Crippen molar-refractivity contribution in [3.8, 4) is 0 Å². The van der Waals surface area contributed by atoms with Gasteiger partial charge in [0.2, 0.25) is 0 Å². The maximum atomic E-state index is 11.1. The van der Waals surface area contributed by atoms with Crippen molar-refractivity contribution < 1.29 is 9.90 Å². The van der Waals surface area contributed by atoms with Gasteiger partial charge in [0.1, 0.15) is 0 Å². The van der Waals surface area contributed by atoms with Gasteiger partial charge in [-0.3, -0.25) is 9.69 Å². The molecular weight excluding hydrogens is 250 g/mol. The van der Waals surface area contributed by atoms with Gasteiger partial charge in [0.05, 0.1) is 6.42 Å². The van der Waals surface area contributed by atoms with Crippen LogP contribution in [0.2, 0.25) is 0 Å². The summed E-state index contributed by atoms with van der Waals surface area (Å²) in [6, 6.07) is 8.41. The molecule has 20 heavy (non-hydrogen) atoms. The lowest BCUT2D eigenvalue weighted by Gasteiger charge is -2.29. The zero-order valence-electron chi connectivity index (χ0n) is 13.1. The zero-order chi connectivity index (χ0) is 15.1. The Morgan fingerprint density at radius 3 is 2.10 bits per heavy atom. The quantitative estimate of drug-likeness (QED) is 0.787. The molecule has 0 spiro atoms. The van der Waals surface area contributed by atoms with Crippen molar-refractivity contribution in [2.75, 3.05) is 13.1 Å². The molecule has 0 saturated heterocycles. The van der Waals surface area contributed by atoms with Gasteiger partial charge in [-0.2, -0.15) is 0 Å². The average molecular weight is 277 g/mol. The molecule has 0 aliphatic rings. The van der Waals surface area contributed by atoms with E-state index in [2.05, 4.69) is 56.9 Å². The highest BCUT2D eigenvalue weighted by atomic mass is 16.4. The number of hydrogen-bond donors (Lipinski definition) is 1. The number of carboxylic acid groups (broad SMARTS) is 1. The van der Waals surface area contributed by atoms with E-state index >= 15 is 0 Å². The number of carboxylic acids is 1. The summed E-state index contributed by atoms with van der Waals surface area (Å²) in [6.07, 6.45) is 1.22. The Hall–Kier alpha value is -1.35. The molecule has 1 rings (SSSR count). The van der Waals surface area contributed by atoms with Crippen LogP contribution in [0.3, 0.4) is 0 Å². The van der Waals surface area contributed by atoms with Crippen LogP contribution in [0.4, 0.5) is 0 Å². The summed E-state index contributed by atoms with van der Waals surface area (Å²) in [6.45, 7) is 10.3. The highest BCUT2D eigenvalue weighted by Gasteiger charge is 2.20. The highest BCUT2D eigenvalue weighted by molar-refractivity contribution is 5.68. The van der Waals surface area contributed by atoms with E-state index in [9.17, 15) is 4.79 Å². The lowest BCUT2D eigenvalue weighted by Crippen LogP contribution is -2.30. The van der Waals surface area contributed by atoms with Crippen LogP contribution in [-0.4, -0.2) is 29.1 Å². The zero-order valence-corrected chi connectivity index (χ0v) is 13.1. The van der Waals surface area contributed by atoms with Crippen molar-refractivity contribution in [2.45, 2.75) is 46.6 Å². The van der Waals surface area contributed by atoms with Crippen LogP contribution in [0.5, 0.6) is 0 Å². The molecule has 0 fully saturated rings. The summed E-state index contributed by atoms with van der Waals surface area (Å²) in [5, 5.41) is 9.13. The topological polar surface area (TPSA) is 40.5 Å². The monoisotopic (exact) mass is 277 g/mol. The van der Waals surface area contributed by atoms with Gasteiger partial charge in [0, 0.05) is 6.04 Å². The van der Waals surface area contributed by atoms with Gasteiger partial charge in [-0.15, -0.1) is 0 Å². The standard InChI is InChI=1S/C17H27NO2/c1-5-18(6-2)16(12-17(19)20)15-9-7-14(8-10-15)11-13(3)4/h7-10,13,16H,5-6,11-12H2,1-4H3,(H,19,20). The van der Waals surface area contributed by atoms with Crippen LogP contribution < -0.4 is 0 Å². The van der Waals surface area contributed by atoms with Gasteiger partial charge in [-0.1, -0.05) is 52.0 Å². The molecular formula is C17H27NO2. The van der Waals surface area contributed by atoms with E-state index in [1.807, 2.05) is 0 Å². The minimum Gasteiger partial charge on any atom is -0.481 e. The van der Waals surface area contributed by atoms with Crippen molar-refractivity contribution >= 4 is 5.97 Å². The second-order valence-electron chi connectivity index (χ2n) is 5.67. The maximum absolute atomic E-state index is 11.1. The lowest BCUT2D eigenvalue weighted by atomic mass is 9.97. The van der Waals surface area contributed by atoms with E-state index in [1.54, 1.807) is 0 Å². The minimum atomic E-state index is -0.742. The molecule has 0 saturated carbocycles. The molecule has 0 amide bonds. The molecule has 1 N–H and O–H groups in total. The number of carbonyl (C=O) groups is 1. The third kappa shape index (κ3) is 4.97. The second kappa shape index (κ2) is 8.05. The van der Waals surface area contributed by atoms with E-state index in [-0.39, 0.29) is 12.5 Å². The van der Waals surface area contributed by atoms with Crippen LogP contribution in [0.1, 0.15) is 51.3 Å². The Morgan fingerprint density at radius 2 is 1.70 bits per heavy atom. The summed E-state index contributed by atoms with van der Waals surface area (Å²) in [4.78, 5) is 13.3. The Balaban J connectivity index is 2.92. The summed E-state index contributed by atoms with van der Waals surface area (Å²) >= 11 is 0. The van der Waals surface area contributed by atoms with Crippen molar-refractivity contribution in [1.82, 2.24) is 4.90 Å². The smallest absolute Gasteiger partial charge is 0.305 e. The molecule has 0 bridgehead atoms. The molecule has 0 aromatic heterocycles. The fourth-order valence-corrected chi connectivity index (χ4v) is 2.63. The van der Waals surface area contributed by atoms with E-state index in [1.165, 1.54) is 5.56 Å². The molecule has 0 aliphatic carbocycles. The molecule has 0 heterocycles. The van der Waals surface area contributed by atoms with E-state index in [0.717, 1.165) is 25.1 Å². The van der Waals surface area contributed by atoms with Crippen LogP contribution in [0.15, 0.2) is 24.3 Å². The van der Waals surface area contributed by atoms with Crippen molar-refractivity contribution in [3.63, 3.8) is 0 Å². The molecule has 112 valence electrons. The Kier molecular flexibility index (Phi) is 6.73. The van der Waals surface area contributed by atoms with Gasteiger partial charge in [0.25, 0.3) is 0 Å². The first-order valence-corrected chi connectivity index (χ1v) is 7.52. The normalized spacial score (nSPS) is 12.9. The SMILES string of the molecule is CCN(CC)C(CC(=O)O)c1ccc(CC(C)C)cc1. The van der Waals surface area contributed by atoms with E-state index < -0.39 is 5.97 Å².